The SMILES string of the molecule is CN1CCC(CN(C)C(CN)c2ccc(F)cc2)CC1. The Morgan fingerprint density at radius 3 is 2.45 bits per heavy atom. The van der Waals surface area contributed by atoms with Gasteiger partial charge in [-0.25, -0.2) is 4.39 Å². The Balaban J connectivity index is 1.95. The van der Waals surface area contributed by atoms with E-state index in [-0.39, 0.29) is 11.9 Å². The van der Waals surface area contributed by atoms with Crippen LogP contribution in [0.4, 0.5) is 4.39 Å². The molecule has 1 aromatic rings. The maximum atomic E-state index is 13.0. The molecule has 0 radical (unpaired) electrons. The first-order chi connectivity index (χ1) is 9.60. The Morgan fingerprint density at radius 2 is 1.90 bits per heavy atom. The highest BCUT2D eigenvalue weighted by molar-refractivity contribution is 5.20. The van der Waals surface area contributed by atoms with Gasteiger partial charge in [-0.2, -0.15) is 0 Å². The molecule has 4 heteroatoms. The standard InChI is InChI=1S/C16H26FN3/c1-19-9-7-13(8-10-19)12-20(2)16(11-18)14-3-5-15(17)6-4-14/h3-6,13,16H,7-12,18H2,1-2H3. The van der Waals surface area contributed by atoms with Crippen LogP contribution in [-0.4, -0.2) is 50.1 Å². The predicted octanol–water partition coefficient (Wildman–Crippen LogP) is 2.10. The topological polar surface area (TPSA) is 32.5 Å². The smallest absolute Gasteiger partial charge is 0.123 e. The molecule has 1 fully saturated rings. The number of nitrogens with two attached hydrogens (primary N) is 1. The van der Waals surface area contributed by atoms with Crippen LogP contribution in [0.1, 0.15) is 24.4 Å². The van der Waals surface area contributed by atoms with Gasteiger partial charge in [0.1, 0.15) is 5.82 Å². The van der Waals surface area contributed by atoms with Gasteiger partial charge in [0.25, 0.3) is 0 Å². The molecule has 0 spiro atoms. The number of rotatable bonds is 5. The number of benzene rings is 1. The molecule has 1 aromatic carbocycles. The lowest BCUT2D eigenvalue weighted by Crippen LogP contribution is -2.38. The third kappa shape index (κ3) is 4.01. The van der Waals surface area contributed by atoms with Gasteiger partial charge in [0, 0.05) is 19.1 Å². The molecule has 112 valence electrons. The van der Waals surface area contributed by atoms with E-state index in [9.17, 15) is 4.39 Å². The molecule has 1 aliphatic rings. The van der Waals surface area contributed by atoms with Crippen molar-refractivity contribution in [2.24, 2.45) is 11.7 Å². The molecular weight excluding hydrogens is 253 g/mol. The lowest BCUT2D eigenvalue weighted by molar-refractivity contribution is 0.151. The van der Waals surface area contributed by atoms with Crippen molar-refractivity contribution >= 4 is 0 Å². The van der Waals surface area contributed by atoms with Crippen LogP contribution in [0.5, 0.6) is 0 Å². The number of halogens is 1. The van der Waals surface area contributed by atoms with Gasteiger partial charge in [0.15, 0.2) is 0 Å². The number of piperidine rings is 1. The fourth-order valence-electron chi connectivity index (χ4n) is 3.03. The Morgan fingerprint density at radius 1 is 1.30 bits per heavy atom. The van der Waals surface area contributed by atoms with E-state index in [0.29, 0.717) is 6.54 Å². The van der Waals surface area contributed by atoms with Crippen LogP contribution in [-0.2, 0) is 0 Å². The summed E-state index contributed by atoms with van der Waals surface area (Å²) in [6, 6.07) is 6.90. The summed E-state index contributed by atoms with van der Waals surface area (Å²) in [6.45, 7) is 3.99. The minimum absolute atomic E-state index is 0.176. The van der Waals surface area contributed by atoms with Crippen molar-refractivity contribution in [3.8, 4) is 0 Å². The molecule has 3 nitrogen and oxygen atoms in total. The summed E-state index contributed by atoms with van der Waals surface area (Å²) in [7, 11) is 4.31. The number of nitrogens with zero attached hydrogens (tertiary/aromatic N) is 2. The zero-order valence-corrected chi connectivity index (χ0v) is 12.6. The van der Waals surface area contributed by atoms with Crippen molar-refractivity contribution in [1.29, 1.82) is 0 Å². The molecular formula is C16H26FN3. The molecule has 0 saturated carbocycles. The van der Waals surface area contributed by atoms with Crippen molar-refractivity contribution in [3.63, 3.8) is 0 Å². The average Bonchev–Trinajstić information content (AvgIpc) is 2.44. The number of likely N-dealkylation sites (tertiary alicyclic amines) is 1. The molecule has 2 rings (SSSR count). The summed E-state index contributed by atoms with van der Waals surface area (Å²) in [6.07, 6.45) is 2.50. The highest BCUT2D eigenvalue weighted by Crippen LogP contribution is 2.23. The quantitative estimate of drug-likeness (QED) is 0.896. The van der Waals surface area contributed by atoms with Gasteiger partial charge in [0.05, 0.1) is 0 Å². The van der Waals surface area contributed by atoms with E-state index < -0.39 is 0 Å². The van der Waals surface area contributed by atoms with E-state index in [2.05, 4.69) is 23.9 Å². The third-order valence-corrected chi connectivity index (χ3v) is 4.39. The van der Waals surface area contributed by atoms with E-state index >= 15 is 0 Å². The number of hydrogen-bond acceptors (Lipinski definition) is 3. The van der Waals surface area contributed by atoms with Crippen LogP contribution >= 0.6 is 0 Å². The second kappa shape index (κ2) is 7.16. The zero-order valence-electron chi connectivity index (χ0n) is 12.6. The van der Waals surface area contributed by atoms with E-state index in [4.69, 9.17) is 5.73 Å². The minimum Gasteiger partial charge on any atom is -0.329 e. The van der Waals surface area contributed by atoms with Gasteiger partial charge in [-0.15, -0.1) is 0 Å². The van der Waals surface area contributed by atoms with E-state index in [1.165, 1.54) is 38.1 Å². The summed E-state index contributed by atoms with van der Waals surface area (Å²) >= 11 is 0. The molecule has 20 heavy (non-hydrogen) atoms. The Labute approximate surface area is 121 Å². The van der Waals surface area contributed by atoms with Crippen LogP contribution in [0.25, 0.3) is 0 Å². The molecule has 1 aliphatic heterocycles. The van der Waals surface area contributed by atoms with Crippen molar-refractivity contribution in [3.05, 3.63) is 35.6 Å². The van der Waals surface area contributed by atoms with E-state index in [0.717, 1.165) is 18.0 Å². The Kier molecular flexibility index (Phi) is 5.52. The monoisotopic (exact) mass is 279 g/mol. The van der Waals surface area contributed by atoms with E-state index in [1.54, 1.807) is 0 Å². The fourth-order valence-corrected chi connectivity index (χ4v) is 3.03. The first-order valence-corrected chi connectivity index (χ1v) is 7.44. The molecule has 1 atom stereocenters. The van der Waals surface area contributed by atoms with Crippen molar-refractivity contribution in [1.82, 2.24) is 9.80 Å². The van der Waals surface area contributed by atoms with Gasteiger partial charge in [-0.05, 0) is 63.6 Å². The highest BCUT2D eigenvalue weighted by Gasteiger charge is 2.22. The van der Waals surface area contributed by atoms with Gasteiger partial charge in [-0.3, -0.25) is 4.90 Å². The highest BCUT2D eigenvalue weighted by atomic mass is 19.1. The largest absolute Gasteiger partial charge is 0.329 e. The lowest BCUT2D eigenvalue weighted by Gasteiger charge is -2.35. The maximum Gasteiger partial charge on any atom is 0.123 e. The minimum atomic E-state index is -0.192. The summed E-state index contributed by atoms with van der Waals surface area (Å²) in [5.74, 6) is 0.549. The first kappa shape index (κ1) is 15.4. The first-order valence-electron chi connectivity index (χ1n) is 7.44. The van der Waals surface area contributed by atoms with Crippen molar-refractivity contribution < 1.29 is 4.39 Å². The summed E-state index contributed by atoms with van der Waals surface area (Å²) < 4.78 is 13.0. The summed E-state index contributed by atoms with van der Waals surface area (Å²) in [5, 5.41) is 0. The van der Waals surface area contributed by atoms with Crippen LogP contribution in [0.2, 0.25) is 0 Å². The summed E-state index contributed by atoms with van der Waals surface area (Å²) in [4.78, 5) is 4.71. The molecule has 1 saturated heterocycles. The Hall–Kier alpha value is -0.970. The second-order valence-corrected chi connectivity index (χ2v) is 5.99. The molecule has 0 aliphatic carbocycles. The van der Waals surface area contributed by atoms with Crippen LogP contribution in [0, 0.1) is 11.7 Å². The number of hydrogen-bond donors (Lipinski definition) is 1. The second-order valence-electron chi connectivity index (χ2n) is 5.99. The van der Waals surface area contributed by atoms with Gasteiger partial charge >= 0.3 is 0 Å². The van der Waals surface area contributed by atoms with Gasteiger partial charge < -0.3 is 10.6 Å². The van der Waals surface area contributed by atoms with Gasteiger partial charge in [-0.1, -0.05) is 12.1 Å². The fraction of sp³-hybridized carbons (Fsp3) is 0.625. The Bertz CT molecular complexity index is 399. The van der Waals surface area contributed by atoms with Crippen LogP contribution < -0.4 is 5.73 Å². The summed E-state index contributed by atoms with van der Waals surface area (Å²) in [5.41, 5.74) is 7.03. The predicted molar refractivity (Wildman–Crippen MR) is 81.0 cm³/mol. The van der Waals surface area contributed by atoms with Crippen LogP contribution in [0.3, 0.4) is 0 Å². The van der Waals surface area contributed by atoms with Crippen molar-refractivity contribution in [2.45, 2.75) is 18.9 Å². The molecule has 1 heterocycles. The molecule has 0 bridgehead atoms. The van der Waals surface area contributed by atoms with Gasteiger partial charge in [0.2, 0.25) is 0 Å². The zero-order chi connectivity index (χ0) is 14.5. The molecule has 2 N–H and O–H groups in total. The molecule has 1 unspecified atom stereocenters. The number of likely N-dealkylation sites (N-methyl/N-ethyl adjacent to an activating group) is 1. The molecule has 0 amide bonds. The maximum absolute atomic E-state index is 13.0. The van der Waals surface area contributed by atoms with Crippen molar-refractivity contribution in [2.75, 3.05) is 40.3 Å². The lowest BCUT2D eigenvalue weighted by atomic mass is 9.95. The van der Waals surface area contributed by atoms with E-state index in [1.807, 2.05) is 12.1 Å². The molecule has 0 aromatic heterocycles. The third-order valence-electron chi connectivity index (χ3n) is 4.39. The van der Waals surface area contributed by atoms with Crippen LogP contribution in [0.15, 0.2) is 24.3 Å². The normalized spacial score (nSPS) is 19.4. The average molecular weight is 279 g/mol.